The van der Waals surface area contributed by atoms with Crippen LogP contribution in [-0.4, -0.2) is 34.8 Å². The third-order valence-corrected chi connectivity index (χ3v) is 5.39. The van der Waals surface area contributed by atoms with Crippen molar-refractivity contribution in [2.24, 2.45) is 7.05 Å². The first kappa shape index (κ1) is 18.5. The molecule has 0 aliphatic heterocycles. The number of aromatic nitrogens is 5. The predicted octanol–water partition coefficient (Wildman–Crippen LogP) is 1.79. The molecule has 0 aliphatic rings. The molecule has 3 aromatic heterocycles. The van der Waals surface area contributed by atoms with Crippen molar-refractivity contribution >= 4 is 28.5 Å². The molecule has 0 saturated heterocycles. The van der Waals surface area contributed by atoms with Crippen LogP contribution in [0.4, 0.5) is 0 Å². The topological polar surface area (TPSA) is 86.5 Å². The zero-order valence-corrected chi connectivity index (χ0v) is 16.6. The largest absolute Gasteiger partial charge is 0.396 e. The number of imidazole rings is 2. The summed E-state index contributed by atoms with van der Waals surface area (Å²) in [4.78, 5) is 30.2. The van der Waals surface area contributed by atoms with Gasteiger partial charge >= 0.3 is 5.69 Å². The highest BCUT2D eigenvalue weighted by atomic mass is 35.5. The summed E-state index contributed by atoms with van der Waals surface area (Å²) in [5, 5.41) is 9.71. The molecule has 0 aliphatic carbocycles. The molecular weight excluding hydrogens is 382 g/mol. The Balaban J connectivity index is 2.07. The van der Waals surface area contributed by atoms with Crippen LogP contribution >= 0.6 is 11.6 Å². The van der Waals surface area contributed by atoms with E-state index in [0.717, 1.165) is 21.5 Å². The highest BCUT2D eigenvalue weighted by Crippen LogP contribution is 2.24. The van der Waals surface area contributed by atoms with Gasteiger partial charge in [0.05, 0.1) is 5.69 Å². The van der Waals surface area contributed by atoms with E-state index >= 15 is 0 Å². The van der Waals surface area contributed by atoms with Gasteiger partial charge in [-0.2, -0.15) is 4.98 Å². The van der Waals surface area contributed by atoms with E-state index in [1.165, 1.54) is 4.57 Å². The maximum absolute atomic E-state index is 13.0. The van der Waals surface area contributed by atoms with Crippen LogP contribution < -0.4 is 11.2 Å². The van der Waals surface area contributed by atoms with Crippen LogP contribution in [0.1, 0.15) is 17.7 Å². The first-order valence-electron chi connectivity index (χ1n) is 8.92. The Morgan fingerprint density at radius 2 is 1.96 bits per heavy atom. The van der Waals surface area contributed by atoms with Crippen LogP contribution in [0, 0.1) is 13.8 Å². The number of hydrogen-bond donors (Lipinski definition) is 1. The van der Waals surface area contributed by atoms with E-state index in [-0.39, 0.29) is 13.2 Å². The summed E-state index contributed by atoms with van der Waals surface area (Å²) in [5.41, 5.74) is 2.44. The quantitative estimate of drug-likeness (QED) is 0.565. The number of aliphatic hydroxyl groups excluding tert-OH is 1. The van der Waals surface area contributed by atoms with Gasteiger partial charge in [0.1, 0.15) is 0 Å². The SMILES string of the molecule is Cc1ccc(-n2c(C)cn3c4c(=O)n(CCCO)c(=O)n(C)c4nc23)cc1Cl. The highest BCUT2D eigenvalue weighted by Gasteiger charge is 2.20. The molecule has 0 amide bonds. The summed E-state index contributed by atoms with van der Waals surface area (Å²) in [6.45, 7) is 3.90. The second-order valence-corrected chi connectivity index (χ2v) is 7.28. The van der Waals surface area contributed by atoms with Gasteiger partial charge in [0.15, 0.2) is 11.2 Å². The molecule has 0 radical (unpaired) electrons. The van der Waals surface area contributed by atoms with Crippen LogP contribution in [0.5, 0.6) is 0 Å². The van der Waals surface area contributed by atoms with Crippen molar-refractivity contribution in [2.75, 3.05) is 6.61 Å². The number of aryl methyl sites for hydroxylation is 3. The number of rotatable bonds is 4. The van der Waals surface area contributed by atoms with Gasteiger partial charge < -0.3 is 5.11 Å². The van der Waals surface area contributed by atoms with E-state index in [2.05, 4.69) is 4.98 Å². The van der Waals surface area contributed by atoms with E-state index in [4.69, 9.17) is 16.7 Å². The number of nitrogens with zero attached hydrogens (tertiary/aromatic N) is 5. The van der Waals surface area contributed by atoms with Crippen molar-refractivity contribution in [1.82, 2.24) is 23.1 Å². The minimum atomic E-state index is -0.451. The normalized spacial score (nSPS) is 11.8. The second kappa shape index (κ2) is 6.65. The molecule has 1 N–H and O–H groups in total. The van der Waals surface area contributed by atoms with E-state index in [0.29, 0.717) is 28.4 Å². The first-order valence-corrected chi connectivity index (χ1v) is 9.30. The van der Waals surface area contributed by atoms with E-state index < -0.39 is 11.2 Å². The molecule has 4 rings (SSSR count). The zero-order chi connectivity index (χ0) is 20.2. The molecule has 146 valence electrons. The summed E-state index contributed by atoms with van der Waals surface area (Å²) in [7, 11) is 1.59. The Kier molecular flexibility index (Phi) is 4.40. The lowest BCUT2D eigenvalue weighted by Gasteiger charge is -2.08. The van der Waals surface area contributed by atoms with Crippen molar-refractivity contribution < 1.29 is 5.11 Å². The van der Waals surface area contributed by atoms with Crippen LogP contribution in [0.2, 0.25) is 5.02 Å². The molecule has 0 atom stereocenters. The van der Waals surface area contributed by atoms with Crippen LogP contribution in [0.15, 0.2) is 34.0 Å². The monoisotopic (exact) mass is 401 g/mol. The molecule has 0 spiro atoms. The average Bonchev–Trinajstić information content (AvgIpc) is 3.17. The third kappa shape index (κ3) is 2.60. The standard InChI is InChI=1S/C19H20ClN5O3/c1-11-5-6-13(9-14(11)20)25-12(2)10-24-15-16(21-18(24)25)22(3)19(28)23(17(15)27)7-4-8-26/h5-6,9-10,26H,4,7-8H2,1-3H3. The number of aliphatic hydroxyl groups is 1. The van der Waals surface area contributed by atoms with Crippen LogP contribution in [0.25, 0.3) is 22.6 Å². The lowest BCUT2D eigenvalue weighted by molar-refractivity contribution is 0.277. The smallest absolute Gasteiger partial charge is 0.332 e. The molecule has 0 fully saturated rings. The molecule has 1 aromatic carbocycles. The van der Waals surface area contributed by atoms with Gasteiger partial charge in [-0.25, -0.2) is 4.79 Å². The molecule has 0 saturated carbocycles. The lowest BCUT2D eigenvalue weighted by atomic mass is 10.2. The zero-order valence-electron chi connectivity index (χ0n) is 15.8. The molecule has 0 unspecified atom stereocenters. The molecule has 28 heavy (non-hydrogen) atoms. The van der Waals surface area contributed by atoms with Crippen molar-refractivity contribution in [3.05, 3.63) is 61.5 Å². The maximum Gasteiger partial charge on any atom is 0.332 e. The Morgan fingerprint density at radius 1 is 1.21 bits per heavy atom. The maximum atomic E-state index is 13.0. The van der Waals surface area contributed by atoms with Gasteiger partial charge in [0.2, 0.25) is 5.78 Å². The van der Waals surface area contributed by atoms with Crippen molar-refractivity contribution in [2.45, 2.75) is 26.8 Å². The number of hydrogen-bond acceptors (Lipinski definition) is 4. The Morgan fingerprint density at radius 3 is 2.64 bits per heavy atom. The summed E-state index contributed by atoms with van der Waals surface area (Å²) in [6.07, 6.45) is 2.14. The van der Waals surface area contributed by atoms with Gasteiger partial charge in [0.25, 0.3) is 5.56 Å². The number of benzene rings is 1. The third-order valence-electron chi connectivity index (χ3n) is 4.98. The molecule has 3 heterocycles. The molecule has 8 nitrogen and oxygen atoms in total. The average molecular weight is 402 g/mol. The van der Waals surface area contributed by atoms with Gasteiger partial charge in [0, 0.05) is 37.1 Å². The molecular formula is C19H20ClN5O3. The number of halogens is 1. The van der Waals surface area contributed by atoms with Crippen LogP contribution in [-0.2, 0) is 13.6 Å². The fourth-order valence-electron chi connectivity index (χ4n) is 3.48. The Labute approximate surface area is 164 Å². The lowest BCUT2D eigenvalue weighted by Crippen LogP contribution is -2.39. The van der Waals surface area contributed by atoms with Gasteiger partial charge in [-0.1, -0.05) is 17.7 Å². The van der Waals surface area contributed by atoms with Crippen molar-refractivity contribution in [1.29, 1.82) is 0 Å². The molecule has 4 aromatic rings. The van der Waals surface area contributed by atoms with Gasteiger partial charge in [-0.05, 0) is 38.0 Å². The Hall–Kier alpha value is -2.84. The molecule has 0 bridgehead atoms. The van der Waals surface area contributed by atoms with Gasteiger partial charge in [-0.15, -0.1) is 0 Å². The minimum absolute atomic E-state index is 0.0981. The summed E-state index contributed by atoms with van der Waals surface area (Å²) >= 11 is 6.29. The van der Waals surface area contributed by atoms with E-state index in [1.54, 1.807) is 11.4 Å². The summed E-state index contributed by atoms with van der Waals surface area (Å²) in [6, 6.07) is 5.71. The predicted molar refractivity (Wildman–Crippen MR) is 108 cm³/mol. The Bertz CT molecular complexity index is 1340. The fraction of sp³-hybridized carbons (Fsp3) is 0.316. The first-order chi connectivity index (χ1) is 13.3. The van der Waals surface area contributed by atoms with Crippen LogP contribution in [0.3, 0.4) is 0 Å². The highest BCUT2D eigenvalue weighted by molar-refractivity contribution is 6.31. The van der Waals surface area contributed by atoms with Crippen molar-refractivity contribution in [3.63, 3.8) is 0 Å². The minimum Gasteiger partial charge on any atom is -0.396 e. The second-order valence-electron chi connectivity index (χ2n) is 6.87. The summed E-state index contributed by atoms with van der Waals surface area (Å²) < 4.78 is 6.11. The summed E-state index contributed by atoms with van der Waals surface area (Å²) in [5.74, 6) is 0.527. The molecule has 9 heteroatoms. The fourth-order valence-corrected chi connectivity index (χ4v) is 3.65. The van der Waals surface area contributed by atoms with E-state index in [1.807, 2.05) is 42.8 Å². The van der Waals surface area contributed by atoms with Gasteiger partial charge in [-0.3, -0.25) is 22.9 Å². The van der Waals surface area contributed by atoms with E-state index in [9.17, 15) is 9.59 Å². The van der Waals surface area contributed by atoms with Crippen molar-refractivity contribution in [3.8, 4) is 5.69 Å². The number of fused-ring (bicyclic) bond motifs is 3.